The third-order valence-corrected chi connectivity index (χ3v) is 5.28. The van der Waals surface area contributed by atoms with Crippen LogP contribution in [0.1, 0.15) is 51.4 Å². The lowest BCUT2D eigenvalue weighted by molar-refractivity contribution is -0.136. The van der Waals surface area contributed by atoms with Gasteiger partial charge < -0.3 is 14.5 Å². The Morgan fingerprint density at radius 1 is 0.952 bits per heavy atom. The van der Waals surface area contributed by atoms with Crippen LogP contribution in [0.5, 0.6) is 0 Å². The number of likely N-dealkylation sites (tertiary alicyclic amines) is 1. The largest absolute Gasteiger partial charge is 0.375 e. The van der Waals surface area contributed by atoms with Crippen molar-refractivity contribution in [1.29, 1.82) is 0 Å². The molecule has 2 aliphatic heterocycles. The molecule has 120 valence electrons. The minimum atomic E-state index is 0.218. The fourth-order valence-electron chi connectivity index (χ4n) is 4.07. The van der Waals surface area contributed by atoms with E-state index in [0.29, 0.717) is 11.8 Å². The number of nitrogens with zero attached hydrogens (tertiary/aromatic N) is 2. The predicted octanol–water partition coefficient (Wildman–Crippen LogP) is 2.28. The molecule has 1 saturated carbocycles. The van der Waals surface area contributed by atoms with E-state index in [0.717, 1.165) is 45.5 Å². The summed E-state index contributed by atoms with van der Waals surface area (Å²) in [5, 5.41) is 0. The van der Waals surface area contributed by atoms with Crippen molar-refractivity contribution < 1.29 is 9.53 Å². The van der Waals surface area contributed by atoms with Gasteiger partial charge in [-0.1, -0.05) is 19.3 Å². The van der Waals surface area contributed by atoms with Crippen molar-refractivity contribution in [2.24, 2.45) is 5.92 Å². The zero-order chi connectivity index (χ0) is 14.5. The van der Waals surface area contributed by atoms with E-state index < -0.39 is 0 Å². The minimum Gasteiger partial charge on any atom is -0.375 e. The van der Waals surface area contributed by atoms with Gasteiger partial charge >= 0.3 is 0 Å². The van der Waals surface area contributed by atoms with E-state index in [1.807, 2.05) is 0 Å². The Kier molecular flexibility index (Phi) is 5.53. The van der Waals surface area contributed by atoms with Gasteiger partial charge in [0.05, 0.1) is 6.10 Å². The van der Waals surface area contributed by atoms with Gasteiger partial charge in [0.1, 0.15) is 0 Å². The zero-order valence-corrected chi connectivity index (χ0v) is 13.3. The number of amides is 1. The maximum absolute atomic E-state index is 12.6. The normalized spacial score (nSPS) is 29.5. The Morgan fingerprint density at radius 2 is 1.71 bits per heavy atom. The highest BCUT2D eigenvalue weighted by atomic mass is 16.5. The molecule has 1 amide bonds. The zero-order valence-electron chi connectivity index (χ0n) is 13.3. The number of hydrogen-bond donors (Lipinski definition) is 0. The van der Waals surface area contributed by atoms with E-state index in [1.165, 1.54) is 45.2 Å². The topological polar surface area (TPSA) is 32.8 Å². The number of carbonyl (C=O) groups is 1. The molecule has 0 aromatic carbocycles. The highest BCUT2D eigenvalue weighted by molar-refractivity contribution is 5.79. The quantitative estimate of drug-likeness (QED) is 0.800. The van der Waals surface area contributed by atoms with E-state index in [-0.39, 0.29) is 6.10 Å². The summed E-state index contributed by atoms with van der Waals surface area (Å²) < 4.78 is 6.01. The Morgan fingerprint density at radius 3 is 2.48 bits per heavy atom. The number of rotatable bonds is 3. The lowest BCUT2D eigenvalue weighted by atomic mass is 10.1. The highest BCUT2D eigenvalue weighted by Gasteiger charge is 2.30. The van der Waals surface area contributed by atoms with Crippen LogP contribution in [0.3, 0.4) is 0 Å². The third-order valence-electron chi connectivity index (χ3n) is 5.28. The van der Waals surface area contributed by atoms with Gasteiger partial charge in [-0.15, -0.1) is 0 Å². The first-order valence-corrected chi connectivity index (χ1v) is 8.95. The lowest BCUT2D eigenvalue weighted by Gasteiger charge is -2.32. The summed E-state index contributed by atoms with van der Waals surface area (Å²) in [6, 6.07) is 0. The molecule has 4 nitrogen and oxygen atoms in total. The van der Waals surface area contributed by atoms with Gasteiger partial charge in [-0.05, 0) is 45.2 Å². The van der Waals surface area contributed by atoms with E-state index in [4.69, 9.17) is 4.74 Å². The highest BCUT2D eigenvalue weighted by Crippen LogP contribution is 2.27. The Balaban J connectivity index is 1.53. The van der Waals surface area contributed by atoms with E-state index in [2.05, 4.69) is 9.80 Å². The summed E-state index contributed by atoms with van der Waals surface area (Å²) in [6.45, 7) is 5.94. The molecule has 1 aliphatic carbocycles. The Labute approximate surface area is 128 Å². The van der Waals surface area contributed by atoms with Crippen LogP contribution < -0.4 is 0 Å². The second kappa shape index (κ2) is 7.59. The molecule has 3 rings (SSSR count). The summed E-state index contributed by atoms with van der Waals surface area (Å²) in [6.07, 6.45) is 9.89. The predicted molar refractivity (Wildman–Crippen MR) is 83.2 cm³/mol. The Hall–Kier alpha value is -0.610. The van der Waals surface area contributed by atoms with Crippen LogP contribution in [0.15, 0.2) is 0 Å². The first-order chi connectivity index (χ1) is 10.3. The standard InChI is InChI=1S/C17H30N2O2/c20-17(15-7-2-3-8-15)19-11-6-12-21-16(14-19)13-18-9-4-1-5-10-18/h15-16H,1-14H2/t16-/m1/s1. The molecular formula is C17H30N2O2. The monoisotopic (exact) mass is 294 g/mol. The molecule has 0 aromatic heterocycles. The molecule has 3 fully saturated rings. The van der Waals surface area contributed by atoms with Gasteiger partial charge in [-0.2, -0.15) is 0 Å². The van der Waals surface area contributed by atoms with E-state index in [1.54, 1.807) is 0 Å². The number of carbonyl (C=O) groups excluding carboxylic acids is 1. The molecule has 0 N–H and O–H groups in total. The molecule has 1 atom stereocenters. The van der Waals surface area contributed by atoms with Crippen molar-refractivity contribution in [2.45, 2.75) is 57.5 Å². The average molecular weight is 294 g/mol. The maximum Gasteiger partial charge on any atom is 0.225 e. The SMILES string of the molecule is O=C(C1CCCC1)N1CCCO[C@H](CN2CCCCC2)C1. The fourth-order valence-corrected chi connectivity index (χ4v) is 4.07. The van der Waals surface area contributed by atoms with Gasteiger partial charge in [-0.25, -0.2) is 0 Å². The van der Waals surface area contributed by atoms with E-state index in [9.17, 15) is 4.79 Å². The van der Waals surface area contributed by atoms with Crippen LogP contribution in [-0.4, -0.2) is 61.1 Å². The van der Waals surface area contributed by atoms with Gasteiger partial charge in [0.2, 0.25) is 5.91 Å². The third kappa shape index (κ3) is 4.19. The maximum atomic E-state index is 12.6. The van der Waals surface area contributed by atoms with Crippen LogP contribution >= 0.6 is 0 Å². The van der Waals surface area contributed by atoms with Gasteiger partial charge in [0.15, 0.2) is 0 Å². The van der Waals surface area contributed by atoms with Crippen molar-refractivity contribution in [3.63, 3.8) is 0 Å². The molecule has 2 saturated heterocycles. The summed E-state index contributed by atoms with van der Waals surface area (Å²) in [5.41, 5.74) is 0. The van der Waals surface area contributed by atoms with Crippen LogP contribution in [-0.2, 0) is 9.53 Å². The molecular weight excluding hydrogens is 264 g/mol. The second-order valence-corrected chi connectivity index (χ2v) is 6.97. The first kappa shape index (κ1) is 15.3. The molecule has 3 aliphatic rings. The summed E-state index contributed by atoms with van der Waals surface area (Å²) >= 11 is 0. The molecule has 2 heterocycles. The molecule has 0 bridgehead atoms. The molecule has 0 spiro atoms. The fraction of sp³-hybridized carbons (Fsp3) is 0.941. The molecule has 0 aromatic rings. The first-order valence-electron chi connectivity index (χ1n) is 8.95. The van der Waals surface area contributed by atoms with Crippen LogP contribution in [0.4, 0.5) is 0 Å². The van der Waals surface area contributed by atoms with Crippen molar-refractivity contribution >= 4 is 5.91 Å². The van der Waals surface area contributed by atoms with Gasteiger partial charge in [0.25, 0.3) is 0 Å². The second-order valence-electron chi connectivity index (χ2n) is 6.97. The molecule has 0 radical (unpaired) electrons. The van der Waals surface area contributed by atoms with Crippen molar-refractivity contribution in [2.75, 3.05) is 39.3 Å². The number of ether oxygens (including phenoxy) is 1. The average Bonchev–Trinajstić information content (AvgIpc) is 2.95. The Bertz CT molecular complexity index is 336. The van der Waals surface area contributed by atoms with Gasteiger partial charge in [0, 0.05) is 32.2 Å². The van der Waals surface area contributed by atoms with Gasteiger partial charge in [-0.3, -0.25) is 4.79 Å². The number of hydrogen-bond acceptors (Lipinski definition) is 3. The molecule has 21 heavy (non-hydrogen) atoms. The van der Waals surface area contributed by atoms with Crippen molar-refractivity contribution in [3.8, 4) is 0 Å². The molecule has 4 heteroatoms. The summed E-state index contributed by atoms with van der Waals surface area (Å²) in [7, 11) is 0. The van der Waals surface area contributed by atoms with Crippen molar-refractivity contribution in [1.82, 2.24) is 9.80 Å². The smallest absolute Gasteiger partial charge is 0.225 e. The van der Waals surface area contributed by atoms with Crippen LogP contribution in [0.25, 0.3) is 0 Å². The van der Waals surface area contributed by atoms with Crippen LogP contribution in [0, 0.1) is 5.92 Å². The lowest BCUT2D eigenvalue weighted by Crippen LogP contribution is -2.45. The molecule has 0 unspecified atom stereocenters. The van der Waals surface area contributed by atoms with E-state index >= 15 is 0 Å². The summed E-state index contributed by atoms with van der Waals surface area (Å²) in [4.78, 5) is 17.3. The number of piperidine rings is 1. The van der Waals surface area contributed by atoms with Crippen molar-refractivity contribution in [3.05, 3.63) is 0 Å². The van der Waals surface area contributed by atoms with Crippen LogP contribution in [0.2, 0.25) is 0 Å². The summed E-state index contributed by atoms with van der Waals surface area (Å²) in [5.74, 6) is 0.709. The minimum absolute atomic E-state index is 0.218.